The average Bonchev–Trinajstić information content (AvgIpc) is 3.39. The van der Waals surface area contributed by atoms with Gasteiger partial charge in [0.2, 0.25) is 0 Å². The van der Waals surface area contributed by atoms with Crippen LogP contribution in [-0.2, 0) is 0 Å². The van der Waals surface area contributed by atoms with Crippen molar-refractivity contribution in [2.45, 2.75) is 12.8 Å². The average molecular weight is 429 g/mol. The highest BCUT2D eigenvalue weighted by Crippen LogP contribution is 2.25. The summed E-state index contributed by atoms with van der Waals surface area (Å²) in [6.07, 6.45) is 1.99. The summed E-state index contributed by atoms with van der Waals surface area (Å²) < 4.78 is 11.6. The molecule has 6 nitrogen and oxygen atoms in total. The molecule has 0 spiro atoms. The third-order valence-corrected chi connectivity index (χ3v) is 5.90. The Morgan fingerprint density at radius 2 is 1.00 bits per heavy atom. The number of hydrogen-bond acceptors (Lipinski definition) is 6. The number of nitriles is 2. The Kier molecular flexibility index (Phi) is 7.40. The lowest BCUT2D eigenvalue weighted by Gasteiger charge is -2.22. The Labute approximate surface area is 189 Å². The molecule has 2 aliphatic rings. The number of nitrogens with zero attached hydrogens (tertiary/aromatic N) is 4. The molecule has 164 valence electrons. The first kappa shape index (κ1) is 21.9. The van der Waals surface area contributed by atoms with Crippen LogP contribution in [0.2, 0.25) is 0 Å². The van der Waals surface area contributed by atoms with Crippen LogP contribution >= 0.6 is 0 Å². The second kappa shape index (κ2) is 10.8. The molecule has 0 radical (unpaired) electrons. The van der Waals surface area contributed by atoms with Crippen LogP contribution in [0.1, 0.15) is 24.0 Å². The van der Waals surface area contributed by atoms with Crippen molar-refractivity contribution < 1.29 is 9.47 Å². The third-order valence-electron chi connectivity index (χ3n) is 5.90. The first-order valence-corrected chi connectivity index (χ1v) is 11.1. The molecule has 2 heterocycles. The minimum atomic E-state index is 0.655. The van der Waals surface area contributed by atoms with E-state index in [-0.39, 0.29) is 0 Å². The van der Waals surface area contributed by atoms with E-state index < -0.39 is 0 Å². The smallest absolute Gasteiger partial charge is 0.119 e. The van der Waals surface area contributed by atoms with Gasteiger partial charge < -0.3 is 9.47 Å². The van der Waals surface area contributed by atoms with Crippen molar-refractivity contribution in [1.82, 2.24) is 9.80 Å². The number of hydrogen-bond donors (Lipinski definition) is 0. The minimum absolute atomic E-state index is 0.655. The van der Waals surface area contributed by atoms with Crippen molar-refractivity contribution in [3.63, 3.8) is 0 Å². The van der Waals surface area contributed by atoms with Gasteiger partial charge in [-0.05, 0) is 72.5 Å². The van der Waals surface area contributed by atoms with E-state index >= 15 is 0 Å². The molecule has 2 aliphatic heterocycles. The summed E-state index contributed by atoms with van der Waals surface area (Å²) in [5, 5.41) is 17.7. The molecule has 0 atom stereocenters. The van der Waals surface area contributed by atoms with Crippen molar-refractivity contribution in [2.24, 2.45) is 0 Å². The molecule has 0 fully saturated rings. The number of benzene rings is 2. The summed E-state index contributed by atoms with van der Waals surface area (Å²) >= 11 is 0. The lowest BCUT2D eigenvalue weighted by atomic mass is 10.2. The van der Waals surface area contributed by atoms with Gasteiger partial charge in [-0.15, -0.1) is 0 Å². The summed E-state index contributed by atoms with van der Waals surface area (Å²) in [6.45, 7) is 7.77. The maximum Gasteiger partial charge on any atom is 0.119 e. The number of rotatable bonds is 10. The van der Waals surface area contributed by atoms with Crippen LogP contribution in [0.4, 0.5) is 0 Å². The lowest BCUT2D eigenvalue weighted by molar-refractivity contribution is 0.241. The molecule has 0 aromatic heterocycles. The molecule has 0 saturated carbocycles. The van der Waals surface area contributed by atoms with Gasteiger partial charge in [-0.2, -0.15) is 10.5 Å². The highest BCUT2D eigenvalue weighted by Gasteiger charge is 2.29. The van der Waals surface area contributed by atoms with Crippen molar-refractivity contribution in [3.05, 3.63) is 70.8 Å². The van der Waals surface area contributed by atoms with E-state index in [9.17, 15) is 0 Å². The molecule has 0 saturated heterocycles. The van der Waals surface area contributed by atoms with Crippen molar-refractivity contribution >= 4 is 0 Å². The lowest BCUT2D eigenvalue weighted by Crippen LogP contribution is -2.31. The maximum absolute atomic E-state index is 8.84. The molecule has 0 N–H and O–H groups in total. The Hall–Kier alpha value is -3.32. The van der Waals surface area contributed by atoms with E-state index in [4.69, 9.17) is 20.0 Å². The molecule has 0 aliphatic carbocycles. The first-order chi connectivity index (χ1) is 15.7. The highest BCUT2D eigenvalue weighted by molar-refractivity contribution is 5.35. The molecular formula is C26H28N4O2. The summed E-state index contributed by atoms with van der Waals surface area (Å²) in [6, 6.07) is 18.8. The predicted octanol–water partition coefficient (Wildman–Crippen LogP) is 3.60. The van der Waals surface area contributed by atoms with Gasteiger partial charge in [0.1, 0.15) is 11.5 Å². The highest BCUT2D eigenvalue weighted by atomic mass is 16.5. The van der Waals surface area contributed by atoms with Crippen LogP contribution in [0.25, 0.3) is 0 Å². The molecule has 2 aromatic carbocycles. The van der Waals surface area contributed by atoms with E-state index in [0.717, 1.165) is 63.6 Å². The van der Waals surface area contributed by atoms with Crippen LogP contribution in [0.5, 0.6) is 11.5 Å². The fourth-order valence-electron chi connectivity index (χ4n) is 4.26. The Balaban J connectivity index is 1.07. The molecule has 4 rings (SSSR count). The summed E-state index contributed by atoms with van der Waals surface area (Å²) in [4.78, 5) is 5.02. The van der Waals surface area contributed by atoms with Gasteiger partial charge in [0, 0.05) is 39.3 Å². The van der Waals surface area contributed by atoms with Gasteiger partial charge in [0.15, 0.2) is 0 Å². The predicted molar refractivity (Wildman–Crippen MR) is 122 cm³/mol. The van der Waals surface area contributed by atoms with E-state index in [2.05, 4.69) is 21.9 Å². The van der Waals surface area contributed by atoms with Crippen LogP contribution in [0.15, 0.2) is 59.7 Å². The Bertz CT molecular complexity index is 916. The van der Waals surface area contributed by atoms with E-state index in [1.807, 2.05) is 24.3 Å². The fourth-order valence-corrected chi connectivity index (χ4v) is 4.26. The third kappa shape index (κ3) is 5.88. The van der Waals surface area contributed by atoms with Crippen molar-refractivity contribution in [2.75, 3.05) is 52.5 Å². The second-order valence-electron chi connectivity index (χ2n) is 8.30. The van der Waals surface area contributed by atoms with Crippen LogP contribution in [0, 0.1) is 22.7 Å². The summed E-state index contributed by atoms with van der Waals surface area (Å²) in [5.41, 5.74) is 4.49. The Morgan fingerprint density at radius 1 is 0.625 bits per heavy atom. The zero-order chi connectivity index (χ0) is 22.2. The van der Waals surface area contributed by atoms with Crippen LogP contribution in [0.3, 0.4) is 0 Å². The minimum Gasteiger partial charge on any atom is -0.494 e. The molecule has 2 aromatic rings. The normalized spacial score (nSPS) is 15.9. The molecular weight excluding hydrogens is 400 g/mol. The fraction of sp³-hybridized carbons (Fsp3) is 0.385. The van der Waals surface area contributed by atoms with E-state index in [1.165, 1.54) is 0 Å². The Morgan fingerprint density at radius 3 is 1.34 bits per heavy atom. The van der Waals surface area contributed by atoms with Crippen molar-refractivity contribution in [3.8, 4) is 23.6 Å². The van der Waals surface area contributed by atoms with Gasteiger partial charge in [0.05, 0.1) is 36.5 Å². The first-order valence-electron chi connectivity index (χ1n) is 11.1. The molecule has 0 unspecified atom stereocenters. The molecule has 6 heteroatoms. The van der Waals surface area contributed by atoms with Gasteiger partial charge in [0.25, 0.3) is 0 Å². The second-order valence-corrected chi connectivity index (χ2v) is 8.30. The monoisotopic (exact) mass is 428 g/mol. The zero-order valence-corrected chi connectivity index (χ0v) is 18.3. The molecule has 0 amide bonds. The molecule has 0 bridgehead atoms. The molecule has 32 heavy (non-hydrogen) atoms. The summed E-state index contributed by atoms with van der Waals surface area (Å²) in [5.74, 6) is 1.65. The van der Waals surface area contributed by atoms with Gasteiger partial charge in [-0.1, -0.05) is 0 Å². The van der Waals surface area contributed by atoms with E-state index in [0.29, 0.717) is 24.3 Å². The van der Waals surface area contributed by atoms with Crippen LogP contribution in [-0.4, -0.2) is 62.3 Å². The topological polar surface area (TPSA) is 72.5 Å². The van der Waals surface area contributed by atoms with Crippen LogP contribution < -0.4 is 9.47 Å². The van der Waals surface area contributed by atoms with Gasteiger partial charge >= 0.3 is 0 Å². The maximum atomic E-state index is 8.84. The SMILES string of the molecule is N#Cc1ccc(OCCCN2CC3=C(C2)CN(CCCOc2ccc(C#N)cc2)C3)cc1. The van der Waals surface area contributed by atoms with Crippen molar-refractivity contribution in [1.29, 1.82) is 10.5 Å². The van der Waals surface area contributed by atoms with Gasteiger partial charge in [-0.3, -0.25) is 9.80 Å². The quantitative estimate of drug-likeness (QED) is 0.425. The van der Waals surface area contributed by atoms with Gasteiger partial charge in [-0.25, -0.2) is 0 Å². The summed E-state index contributed by atoms with van der Waals surface area (Å²) in [7, 11) is 0. The standard InChI is InChI=1S/C26H28N4O2/c27-15-21-3-7-25(8-4-21)31-13-1-11-29-17-23-19-30(20-24(23)18-29)12-2-14-32-26-9-5-22(16-28)6-10-26/h3-10H,1-2,11-14,17-20H2. The van der Waals surface area contributed by atoms with E-state index in [1.54, 1.807) is 35.4 Å². The largest absolute Gasteiger partial charge is 0.494 e. The number of ether oxygens (including phenoxy) is 2. The zero-order valence-electron chi connectivity index (χ0n) is 18.3.